The Morgan fingerprint density at radius 1 is 1.09 bits per heavy atom. The van der Waals surface area contributed by atoms with E-state index in [0.717, 1.165) is 16.6 Å². The average molecular weight is 356 g/mol. The Balaban J connectivity index is 2.17. The summed E-state index contributed by atoms with van der Waals surface area (Å²) in [6.45, 7) is 0. The molecule has 0 aliphatic rings. The van der Waals surface area contributed by atoms with Gasteiger partial charge in [-0.15, -0.1) is 0 Å². The van der Waals surface area contributed by atoms with E-state index in [1.54, 1.807) is 6.07 Å². The Kier molecular flexibility index (Phi) is 4.20. The van der Waals surface area contributed by atoms with Crippen LogP contribution in [0.15, 0.2) is 54.6 Å². The molecule has 0 radical (unpaired) electrons. The van der Waals surface area contributed by atoms with Crippen LogP contribution in [0, 0.1) is 0 Å². The molecule has 3 rings (SSSR count). The van der Waals surface area contributed by atoms with Crippen LogP contribution in [0.5, 0.6) is 0 Å². The van der Waals surface area contributed by atoms with Gasteiger partial charge in [0.1, 0.15) is 0 Å². The summed E-state index contributed by atoms with van der Waals surface area (Å²) in [6, 6.07) is 18.0. The molecule has 0 atom stereocenters. The van der Waals surface area contributed by atoms with Gasteiger partial charge in [0.25, 0.3) is 0 Å². The van der Waals surface area contributed by atoms with E-state index in [9.17, 15) is 4.79 Å². The second kappa shape index (κ2) is 6.28. The molecule has 110 valence electrons. The maximum absolute atomic E-state index is 11.8. The molecule has 1 heterocycles. The van der Waals surface area contributed by atoms with Crippen LogP contribution in [0.25, 0.3) is 22.0 Å². The lowest BCUT2D eigenvalue weighted by molar-refractivity contribution is 0.0599. The maximum Gasteiger partial charge on any atom is 0.339 e. The van der Waals surface area contributed by atoms with Gasteiger partial charge in [-0.1, -0.05) is 58.4 Å². The highest BCUT2D eigenvalue weighted by Gasteiger charge is 2.14. The van der Waals surface area contributed by atoms with E-state index < -0.39 is 0 Å². The van der Waals surface area contributed by atoms with E-state index in [0.29, 0.717) is 16.6 Å². The first-order valence-electron chi connectivity index (χ1n) is 6.87. The maximum atomic E-state index is 11.8. The fourth-order valence-electron chi connectivity index (χ4n) is 2.50. The lowest BCUT2D eigenvalue weighted by Gasteiger charge is -2.10. The average Bonchev–Trinajstić information content (AvgIpc) is 2.60. The van der Waals surface area contributed by atoms with Crippen molar-refractivity contribution in [2.24, 2.45) is 0 Å². The minimum atomic E-state index is -0.369. The number of nitrogens with zero attached hydrogens (tertiary/aromatic N) is 1. The van der Waals surface area contributed by atoms with E-state index >= 15 is 0 Å². The minimum Gasteiger partial charge on any atom is -0.465 e. The largest absolute Gasteiger partial charge is 0.465 e. The third-order valence-corrected chi connectivity index (χ3v) is 4.10. The molecule has 0 aliphatic carbocycles. The van der Waals surface area contributed by atoms with Crippen molar-refractivity contribution in [3.05, 3.63) is 65.9 Å². The van der Waals surface area contributed by atoms with Crippen molar-refractivity contribution in [2.75, 3.05) is 7.11 Å². The number of methoxy groups -OCH3 is 1. The summed E-state index contributed by atoms with van der Waals surface area (Å²) >= 11 is 3.39. The standard InChI is InChI=1S/C18H14BrNO2/c1-22-18(21)15-9-10-16(20-17(15)11-19)14-8-4-6-12-5-2-3-7-13(12)14/h2-10H,11H2,1H3. The highest BCUT2D eigenvalue weighted by Crippen LogP contribution is 2.28. The molecular weight excluding hydrogens is 342 g/mol. The summed E-state index contributed by atoms with van der Waals surface area (Å²) in [5.74, 6) is -0.369. The number of esters is 1. The third kappa shape index (κ3) is 2.62. The molecule has 1 aromatic heterocycles. The van der Waals surface area contributed by atoms with Crippen LogP contribution >= 0.6 is 15.9 Å². The SMILES string of the molecule is COC(=O)c1ccc(-c2cccc3ccccc23)nc1CBr. The lowest BCUT2D eigenvalue weighted by Crippen LogP contribution is -2.07. The molecule has 0 aliphatic heterocycles. The van der Waals surface area contributed by atoms with Crippen molar-refractivity contribution in [1.29, 1.82) is 0 Å². The summed E-state index contributed by atoms with van der Waals surface area (Å²) in [5.41, 5.74) is 3.07. The predicted octanol–water partition coefficient (Wildman–Crippen LogP) is 4.58. The number of fused-ring (bicyclic) bond motifs is 1. The zero-order chi connectivity index (χ0) is 15.5. The van der Waals surface area contributed by atoms with E-state index in [-0.39, 0.29) is 5.97 Å². The molecule has 0 saturated carbocycles. The Bertz CT molecular complexity index is 840. The van der Waals surface area contributed by atoms with Gasteiger partial charge in [0.05, 0.1) is 24.1 Å². The van der Waals surface area contributed by atoms with Crippen LogP contribution in [-0.2, 0) is 10.1 Å². The lowest BCUT2D eigenvalue weighted by atomic mass is 10.0. The first-order valence-corrected chi connectivity index (χ1v) is 7.99. The number of pyridine rings is 1. The zero-order valence-corrected chi connectivity index (χ0v) is 13.6. The second-order valence-electron chi connectivity index (χ2n) is 4.84. The van der Waals surface area contributed by atoms with Gasteiger partial charge in [-0.25, -0.2) is 4.79 Å². The molecule has 0 spiro atoms. The molecule has 0 amide bonds. The van der Waals surface area contributed by atoms with Gasteiger partial charge >= 0.3 is 5.97 Å². The van der Waals surface area contributed by atoms with Crippen LogP contribution < -0.4 is 0 Å². The zero-order valence-electron chi connectivity index (χ0n) is 12.0. The van der Waals surface area contributed by atoms with Gasteiger partial charge in [0.15, 0.2) is 0 Å². The van der Waals surface area contributed by atoms with Gasteiger partial charge in [-0.05, 0) is 22.9 Å². The Labute approximate surface area is 137 Å². The monoisotopic (exact) mass is 355 g/mol. The number of rotatable bonds is 3. The molecule has 0 saturated heterocycles. The van der Waals surface area contributed by atoms with Crippen LogP contribution in [0.4, 0.5) is 0 Å². The summed E-state index contributed by atoms with van der Waals surface area (Å²) in [7, 11) is 1.37. The van der Waals surface area contributed by atoms with Crippen molar-refractivity contribution >= 4 is 32.7 Å². The number of carbonyl (C=O) groups is 1. The van der Waals surface area contributed by atoms with Crippen molar-refractivity contribution in [2.45, 2.75) is 5.33 Å². The molecule has 4 heteroatoms. The first-order chi connectivity index (χ1) is 10.7. The number of benzene rings is 2. The van der Waals surface area contributed by atoms with Gasteiger partial charge < -0.3 is 4.74 Å². The molecule has 22 heavy (non-hydrogen) atoms. The molecular formula is C18H14BrNO2. The summed E-state index contributed by atoms with van der Waals surface area (Å²) in [4.78, 5) is 16.4. The summed E-state index contributed by atoms with van der Waals surface area (Å²) < 4.78 is 4.79. The normalized spacial score (nSPS) is 10.6. The van der Waals surface area contributed by atoms with Crippen LogP contribution in [-0.4, -0.2) is 18.1 Å². The van der Waals surface area contributed by atoms with Crippen molar-refractivity contribution in [1.82, 2.24) is 4.98 Å². The number of ether oxygens (including phenoxy) is 1. The van der Waals surface area contributed by atoms with E-state index in [1.807, 2.05) is 30.3 Å². The van der Waals surface area contributed by atoms with Gasteiger partial charge in [0.2, 0.25) is 0 Å². The Hall–Kier alpha value is -2.20. The van der Waals surface area contributed by atoms with Crippen molar-refractivity contribution in [3.8, 4) is 11.3 Å². The van der Waals surface area contributed by atoms with Crippen LogP contribution in [0.2, 0.25) is 0 Å². The predicted molar refractivity (Wildman–Crippen MR) is 91.1 cm³/mol. The number of aromatic nitrogens is 1. The molecule has 2 aromatic carbocycles. The first kappa shape index (κ1) is 14.7. The second-order valence-corrected chi connectivity index (χ2v) is 5.40. The van der Waals surface area contributed by atoms with E-state index in [4.69, 9.17) is 4.74 Å². The summed E-state index contributed by atoms with van der Waals surface area (Å²) in [6.07, 6.45) is 0. The number of hydrogen-bond donors (Lipinski definition) is 0. The van der Waals surface area contributed by atoms with Crippen LogP contribution in [0.1, 0.15) is 16.1 Å². The Morgan fingerprint density at radius 2 is 1.86 bits per heavy atom. The molecule has 0 unspecified atom stereocenters. The van der Waals surface area contributed by atoms with Gasteiger partial charge in [0, 0.05) is 10.9 Å². The topological polar surface area (TPSA) is 39.2 Å². The van der Waals surface area contributed by atoms with E-state index in [1.165, 1.54) is 12.5 Å². The third-order valence-electron chi connectivity index (χ3n) is 3.57. The summed E-state index contributed by atoms with van der Waals surface area (Å²) in [5, 5.41) is 2.80. The Morgan fingerprint density at radius 3 is 2.64 bits per heavy atom. The van der Waals surface area contributed by atoms with Crippen LogP contribution in [0.3, 0.4) is 0 Å². The highest BCUT2D eigenvalue weighted by atomic mass is 79.9. The van der Waals surface area contributed by atoms with Gasteiger partial charge in [-0.3, -0.25) is 4.98 Å². The van der Waals surface area contributed by atoms with Crippen molar-refractivity contribution < 1.29 is 9.53 Å². The molecule has 3 aromatic rings. The quantitative estimate of drug-likeness (QED) is 0.509. The smallest absolute Gasteiger partial charge is 0.339 e. The molecule has 0 N–H and O–H groups in total. The number of halogens is 1. The van der Waals surface area contributed by atoms with Gasteiger partial charge in [-0.2, -0.15) is 0 Å². The molecule has 0 fully saturated rings. The highest BCUT2D eigenvalue weighted by molar-refractivity contribution is 9.08. The van der Waals surface area contributed by atoms with Crippen molar-refractivity contribution in [3.63, 3.8) is 0 Å². The molecule has 0 bridgehead atoms. The van der Waals surface area contributed by atoms with E-state index in [2.05, 4.69) is 39.1 Å². The number of hydrogen-bond acceptors (Lipinski definition) is 3. The molecule has 3 nitrogen and oxygen atoms in total. The minimum absolute atomic E-state index is 0.369. The number of alkyl halides is 1. The number of carbonyl (C=O) groups excluding carboxylic acids is 1. The fraction of sp³-hybridized carbons (Fsp3) is 0.111. The fourth-order valence-corrected chi connectivity index (χ4v) is 2.93.